The Balaban J connectivity index is 0.00000256. The second-order valence-corrected chi connectivity index (χ2v) is 4.33. The molecule has 0 unspecified atom stereocenters. The predicted molar refractivity (Wildman–Crippen MR) is 76.6 cm³/mol. The van der Waals surface area contributed by atoms with E-state index in [2.05, 4.69) is 26.6 Å². The average Bonchev–Trinajstić information content (AvgIpc) is 2.28. The third kappa shape index (κ3) is 6.66. The van der Waals surface area contributed by atoms with Crippen molar-refractivity contribution in [2.24, 2.45) is 0 Å². The molecule has 0 aliphatic heterocycles. The van der Waals surface area contributed by atoms with Gasteiger partial charge in [0.15, 0.2) is 0 Å². The highest BCUT2D eigenvalue weighted by molar-refractivity contribution is 9.10. The second-order valence-electron chi connectivity index (χ2n) is 3.47. The van der Waals surface area contributed by atoms with Crippen LogP contribution in [0.1, 0.15) is 12.5 Å². The second kappa shape index (κ2) is 9.45. The summed E-state index contributed by atoms with van der Waals surface area (Å²) in [5.74, 6) is 0.0600. The number of halogens is 2. The first kappa shape index (κ1) is 16.4. The van der Waals surface area contributed by atoms with Crippen molar-refractivity contribution in [3.63, 3.8) is 0 Å². The Bertz CT molecular complexity index is 347. The van der Waals surface area contributed by atoms with Crippen molar-refractivity contribution in [1.29, 1.82) is 0 Å². The van der Waals surface area contributed by atoms with Gasteiger partial charge in [-0.25, -0.2) is 0 Å². The van der Waals surface area contributed by atoms with Gasteiger partial charge in [-0.05, 0) is 18.2 Å². The maximum Gasteiger partial charge on any atom is 0.224 e. The van der Waals surface area contributed by atoms with Crippen molar-refractivity contribution in [1.82, 2.24) is 10.6 Å². The van der Waals surface area contributed by atoms with E-state index in [1.807, 2.05) is 31.2 Å². The lowest BCUT2D eigenvalue weighted by molar-refractivity contribution is -0.120. The number of nitrogens with one attached hydrogen (secondary N) is 2. The standard InChI is InChI=1S/C12H17BrN2O.ClH/c1-2-14-7-8-15-12(16)9-10-5-3-4-6-11(10)13;/h3-6,14H,2,7-9H2,1H3,(H,15,16);1H. The molecule has 2 N–H and O–H groups in total. The van der Waals surface area contributed by atoms with Crippen molar-refractivity contribution >= 4 is 34.2 Å². The van der Waals surface area contributed by atoms with Gasteiger partial charge in [0.2, 0.25) is 5.91 Å². The zero-order valence-corrected chi connectivity index (χ0v) is 12.2. The lowest BCUT2D eigenvalue weighted by atomic mass is 10.1. The van der Waals surface area contributed by atoms with Crippen molar-refractivity contribution < 1.29 is 4.79 Å². The number of hydrogen-bond acceptors (Lipinski definition) is 2. The summed E-state index contributed by atoms with van der Waals surface area (Å²) in [6, 6.07) is 7.78. The van der Waals surface area contributed by atoms with Gasteiger partial charge in [-0.1, -0.05) is 41.1 Å². The highest BCUT2D eigenvalue weighted by Gasteiger charge is 2.04. The molecule has 17 heavy (non-hydrogen) atoms. The molecule has 0 bridgehead atoms. The molecule has 0 spiro atoms. The van der Waals surface area contributed by atoms with E-state index in [4.69, 9.17) is 0 Å². The fraction of sp³-hybridized carbons (Fsp3) is 0.417. The third-order valence-electron chi connectivity index (χ3n) is 2.18. The number of likely N-dealkylation sites (N-methyl/N-ethyl adjacent to an activating group) is 1. The third-order valence-corrected chi connectivity index (χ3v) is 2.96. The van der Waals surface area contributed by atoms with Crippen LogP contribution in [0.4, 0.5) is 0 Å². The smallest absolute Gasteiger partial charge is 0.224 e. The Morgan fingerprint density at radius 1 is 1.29 bits per heavy atom. The van der Waals surface area contributed by atoms with Crippen LogP contribution >= 0.6 is 28.3 Å². The molecule has 0 atom stereocenters. The Morgan fingerprint density at radius 3 is 2.65 bits per heavy atom. The van der Waals surface area contributed by atoms with Gasteiger partial charge in [0.1, 0.15) is 0 Å². The molecule has 0 radical (unpaired) electrons. The Kier molecular flexibility index (Phi) is 9.13. The minimum atomic E-state index is 0. The fourth-order valence-corrected chi connectivity index (χ4v) is 1.77. The van der Waals surface area contributed by atoms with Gasteiger partial charge in [0, 0.05) is 17.6 Å². The molecule has 1 aromatic rings. The molecular formula is C12H18BrClN2O. The van der Waals surface area contributed by atoms with E-state index in [1.54, 1.807) is 0 Å². The molecule has 3 nitrogen and oxygen atoms in total. The maximum atomic E-state index is 11.6. The molecule has 0 aliphatic rings. The van der Waals surface area contributed by atoms with Gasteiger partial charge in [-0.2, -0.15) is 0 Å². The van der Waals surface area contributed by atoms with Crippen LogP contribution in [0, 0.1) is 0 Å². The van der Waals surface area contributed by atoms with Crippen LogP contribution in [0.5, 0.6) is 0 Å². The number of carbonyl (C=O) groups is 1. The molecule has 1 rings (SSSR count). The van der Waals surface area contributed by atoms with Crippen molar-refractivity contribution in [3.05, 3.63) is 34.3 Å². The van der Waals surface area contributed by atoms with Gasteiger partial charge < -0.3 is 10.6 Å². The zero-order chi connectivity index (χ0) is 11.8. The Hall–Kier alpha value is -0.580. The van der Waals surface area contributed by atoms with Gasteiger partial charge in [-0.15, -0.1) is 12.4 Å². The van der Waals surface area contributed by atoms with Crippen LogP contribution in [0.3, 0.4) is 0 Å². The number of amides is 1. The quantitative estimate of drug-likeness (QED) is 0.788. The van der Waals surface area contributed by atoms with E-state index in [1.165, 1.54) is 0 Å². The molecule has 0 saturated heterocycles. The average molecular weight is 322 g/mol. The summed E-state index contributed by atoms with van der Waals surface area (Å²) >= 11 is 3.43. The normalized spacial score (nSPS) is 9.53. The van der Waals surface area contributed by atoms with Crippen molar-refractivity contribution in [2.75, 3.05) is 19.6 Å². The van der Waals surface area contributed by atoms with Gasteiger partial charge in [-0.3, -0.25) is 4.79 Å². The molecule has 1 aromatic carbocycles. The first-order valence-electron chi connectivity index (χ1n) is 5.45. The van der Waals surface area contributed by atoms with Crippen LogP contribution in [0.25, 0.3) is 0 Å². The van der Waals surface area contributed by atoms with Crippen LogP contribution in [0.2, 0.25) is 0 Å². The minimum Gasteiger partial charge on any atom is -0.355 e. The fourth-order valence-electron chi connectivity index (χ4n) is 1.34. The van der Waals surface area contributed by atoms with Gasteiger partial charge in [0.05, 0.1) is 6.42 Å². The van der Waals surface area contributed by atoms with E-state index in [0.29, 0.717) is 13.0 Å². The Labute approximate surface area is 117 Å². The Morgan fingerprint density at radius 2 is 2.00 bits per heavy atom. The maximum absolute atomic E-state index is 11.6. The predicted octanol–water partition coefficient (Wildman–Crippen LogP) is 2.14. The number of carbonyl (C=O) groups excluding carboxylic acids is 1. The molecule has 0 aromatic heterocycles. The van der Waals surface area contributed by atoms with Gasteiger partial charge in [0.25, 0.3) is 0 Å². The highest BCUT2D eigenvalue weighted by Crippen LogP contribution is 2.15. The summed E-state index contributed by atoms with van der Waals surface area (Å²) in [6.07, 6.45) is 0.424. The molecule has 96 valence electrons. The van der Waals surface area contributed by atoms with Crippen LogP contribution < -0.4 is 10.6 Å². The molecular weight excluding hydrogens is 304 g/mol. The van der Waals surface area contributed by atoms with E-state index in [0.717, 1.165) is 23.1 Å². The number of hydrogen-bond donors (Lipinski definition) is 2. The molecule has 1 amide bonds. The van der Waals surface area contributed by atoms with E-state index in [9.17, 15) is 4.79 Å². The van der Waals surface area contributed by atoms with E-state index >= 15 is 0 Å². The monoisotopic (exact) mass is 320 g/mol. The van der Waals surface area contributed by atoms with E-state index in [-0.39, 0.29) is 18.3 Å². The molecule has 0 aliphatic carbocycles. The zero-order valence-electron chi connectivity index (χ0n) is 9.83. The molecule has 0 fully saturated rings. The first-order valence-corrected chi connectivity index (χ1v) is 6.24. The first-order chi connectivity index (χ1) is 7.74. The summed E-state index contributed by atoms with van der Waals surface area (Å²) in [6.45, 7) is 4.47. The molecule has 0 heterocycles. The SMILES string of the molecule is CCNCCNC(=O)Cc1ccccc1Br.Cl. The molecule has 5 heteroatoms. The van der Waals surface area contributed by atoms with Crippen LogP contribution in [-0.4, -0.2) is 25.5 Å². The topological polar surface area (TPSA) is 41.1 Å². The molecule has 0 saturated carbocycles. The lowest BCUT2D eigenvalue weighted by Crippen LogP contribution is -2.32. The summed E-state index contributed by atoms with van der Waals surface area (Å²) < 4.78 is 0.983. The largest absolute Gasteiger partial charge is 0.355 e. The number of benzene rings is 1. The minimum absolute atomic E-state index is 0. The van der Waals surface area contributed by atoms with Crippen molar-refractivity contribution in [3.8, 4) is 0 Å². The highest BCUT2D eigenvalue weighted by atomic mass is 79.9. The van der Waals surface area contributed by atoms with Gasteiger partial charge >= 0.3 is 0 Å². The summed E-state index contributed by atoms with van der Waals surface area (Å²) in [5.41, 5.74) is 1.02. The van der Waals surface area contributed by atoms with Crippen molar-refractivity contribution in [2.45, 2.75) is 13.3 Å². The summed E-state index contributed by atoms with van der Waals surface area (Å²) in [4.78, 5) is 11.6. The van der Waals surface area contributed by atoms with Crippen LogP contribution in [-0.2, 0) is 11.2 Å². The summed E-state index contributed by atoms with van der Waals surface area (Å²) in [7, 11) is 0. The van der Waals surface area contributed by atoms with E-state index < -0.39 is 0 Å². The number of rotatable bonds is 6. The lowest BCUT2D eigenvalue weighted by Gasteiger charge is -2.06. The summed E-state index contributed by atoms with van der Waals surface area (Å²) in [5, 5.41) is 6.03. The van der Waals surface area contributed by atoms with Crippen LogP contribution in [0.15, 0.2) is 28.7 Å².